The highest BCUT2D eigenvalue weighted by Gasteiger charge is 2.32. The largest absolute Gasteiger partial charge is 0.504 e. The van der Waals surface area contributed by atoms with Gasteiger partial charge in [-0.1, -0.05) is 17.7 Å². The first-order valence-corrected chi connectivity index (χ1v) is 10.5. The third kappa shape index (κ3) is 3.05. The summed E-state index contributed by atoms with van der Waals surface area (Å²) in [7, 11) is -4.18. The predicted molar refractivity (Wildman–Crippen MR) is 103 cm³/mol. The molecule has 0 fully saturated rings. The van der Waals surface area contributed by atoms with E-state index in [1.54, 1.807) is 12.1 Å². The van der Waals surface area contributed by atoms with E-state index in [0.717, 1.165) is 17.6 Å². The second-order valence-electron chi connectivity index (χ2n) is 7.19. The van der Waals surface area contributed by atoms with Crippen molar-refractivity contribution >= 4 is 21.5 Å². The molecule has 2 aliphatic carbocycles. The zero-order chi connectivity index (χ0) is 20.1. The summed E-state index contributed by atoms with van der Waals surface area (Å²) in [6, 6.07) is 7.53. The molecule has 7 heteroatoms. The third-order valence-corrected chi connectivity index (χ3v) is 6.56. The Balaban J connectivity index is 1.78. The molecule has 2 N–H and O–H groups in total. The lowest BCUT2D eigenvalue weighted by Gasteiger charge is -2.16. The molecule has 6 nitrogen and oxygen atoms in total. The second-order valence-corrected chi connectivity index (χ2v) is 8.74. The van der Waals surface area contributed by atoms with Gasteiger partial charge in [0.2, 0.25) is 5.75 Å². The lowest BCUT2D eigenvalue weighted by atomic mass is 9.95. The number of aryl methyl sites for hydroxylation is 2. The zero-order valence-electron chi connectivity index (χ0n) is 15.4. The molecule has 0 heterocycles. The van der Waals surface area contributed by atoms with E-state index in [-0.39, 0.29) is 22.8 Å². The summed E-state index contributed by atoms with van der Waals surface area (Å²) in [5.41, 5.74) is 3.39. The summed E-state index contributed by atoms with van der Waals surface area (Å²) in [6.45, 7) is 1.83. The number of phenols is 2. The van der Waals surface area contributed by atoms with E-state index >= 15 is 0 Å². The van der Waals surface area contributed by atoms with Gasteiger partial charge in [-0.25, -0.2) is 0 Å². The van der Waals surface area contributed by atoms with Crippen molar-refractivity contribution in [3.05, 3.63) is 52.6 Å². The number of carbonyl (C=O) groups is 1. The molecule has 146 valence electrons. The number of Topliss-reactive ketones (excluding diaryl/α,β-unsaturated/α-hetero) is 1. The van der Waals surface area contributed by atoms with E-state index < -0.39 is 21.6 Å². The molecule has 0 saturated heterocycles. The molecule has 0 aliphatic heterocycles. The maximum Gasteiger partial charge on any atom is 0.339 e. The van der Waals surface area contributed by atoms with Gasteiger partial charge in [0.15, 0.2) is 17.3 Å². The van der Waals surface area contributed by atoms with Crippen molar-refractivity contribution in [1.29, 1.82) is 0 Å². The molecule has 0 unspecified atom stereocenters. The van der Waals surface area contributed by atoms with Crippen LogP contribution in [0.25, 0.3) is 5.57 Å². The Kier molecular flexibility index (Phi) is 4.42. The molecule has 2 aromatic carbocycles. The molecule has 0 atom stereocenters. The third-order valence-electron chi connectivity index (χ3n) is 5.31. The van der Waals surface area contributed by atoms with Crippen LogP contribution in [0.2, 0.25) is 0 Å². The molecule has 0 aromatic heterocycles. The number of aromatic hydroxyl groups is 2. The molecule has 2 aromatic rings. The Morgan fingerprint density at radius 1 is 0.929 bits per heavy atom. The summed E-state index contributed by atoms with van der Waals surface area (Å²) in [4.78, 5) is 12.3. The van der Waals surface area contributed by atoms with Gasteiger partial charge in [0.25, 0.3) is 0 Å². The Labute approximate surface area is 163 Å². The number of ketones is 1. The molecule has 0 bridgehead atoms. The molecule has 0 spiro atoms. The quantitative estimate of drug-likeness (QED) is 0.603. The minimum absolute atomic E-state index is 0.0392. The van der Waals surface area contributed by atoms with Crippen LogP contribution in [0.4, 0.5) is 0 Å². The number of allylic oxidation sites excluding steroid dienone is 2. The standard InChI is InChI=1S/C21H20O6S/c1-12-5-8-14(9-6-12)28(25,26)27-18-11-13-7-10-17(22)15-3-2-4-16(15)19(13)21(24)20(18)23/h5-6,8-9,11,23-24H,2-4,7,10H2,1H3. The maximum atomic E-state index is 12.6. The molecule has 4 rings (SSSR count). The van der Waals surface area contributed by atoms with Crippen LogP contribution in [0, 0.1) is 6.92 Å². The lowest BCUT2D eigenvalue weighted by molar-refractivity contribution is -0.115. The van der Waals surface area contributed by atoms with Gasteiger partial charge in [0.05, 0.1) is 0 Å². The van der Waals surface area contributed by atoms with Gasteiger partial charge in [-0.05, 0) is 67.5 Å². The van der Waals surface area contributed by atoms with E-state index in [4.69, 9.17) is 4.18 Å². The molecular weight excluding hydrogens is 380 g/mol. The van der Waals surface area contributed by atoms with Gasteiger partial charge in [-0.15, -0.1) is 0 Å². The first-order valence-electron chi connectivity index (χ1n) is 9.12. The van der Waals surface area contributed by atoms with E-state index in [2.05, 4.69) is 0 Å². The normalized spacial score (nSPS) is 16.5. The molecule has 0 radical (unpaired) electrons. The van der Waals surface area contributed by atoms with Crippen LogP contribution < -0.4 is 4.18 Å². The summed E-state index contributed by atoms with van der Waals surface area (Å²) in [5, 5.41) is 21.1. The number of carbonyl (C=O) groups excluding carboxylic acids is 1. The van der Waals surface area contributed by atoms with Crippen LogP contribution in [-0.2, 0) is 21.3 Å². The molecule has 2 aliphatic rings. The maximum absolute atomic E-state index is 12.6. The zero-order valence-corrected chi connectivity index (χ0v) is 16.2. The summed E-state index contributed by atoms with van der Waals surface area (Å²) < 4.78 is 30.3. The van der Waals surface area contributed by atoms with E-state index in [1.807, 2.05) is 6.92 Å². The van der Waals surface area contributed by atoms with Crippen LogP contribution in [0.5, 0.6) is 17.2 Å². The average Bonchev–Trinajstić information content (AvgIpc) is 3.08. The van der Waals surface area contributed by atoms with Crippen LogP contribution in [0.1, 0.15) is 42.4 Å². The molecule has 0 amide bonds. The fourth-order valence-electron chi connectivity index (χ4n) is 3.88. The number of fused-ring (bicyclic) bond motifs is 2. The smallest absolute Gasteiger partial charge is 0.339 e. The fourth-order valence-corrected chi connectivity index (χ4v) is 4.81. The van der Waals surface area contributed by atoms with Gasteiger partial charge in [0, 0.05) is 12.0 Å². The first kappa shape index (κ1) is 18.6. The summed E-state index contributed by atoms with van der Waals surface area (Å²) in [5.74, 6) is -1.37. The van der Waals surface area contributed by atoms with Crippen molar-refractivity contribution in [2.75, 3.05) is 0 Å². The fraction of sp³-hybridized carbons (Fsp3) is 0.286. The second kappa shape index (κ2) is 6.67. The SMILES string of the molecule is Cc1ccc(S(=O)(=O)Oc2cc3c(c(O)c2O)C2=C(CCC2)C(=O)CC3)cc1. The van der Waals surface area contributed by atoms with E-state index in [0.29, 0.717) is 36.0 Å². The Morgan fingerprint density at radius 2 is 1.61 bits per heavy atom. The number of hydrogen-bond acceptors (Lipinski definition) is 6. The van der Waals surface area contributed by atoms with Crippen molar-refractivity contribution in [1.82, 2.24) is 0 Å². The molecule has 28 heavy (non-hydrogen) atoms. The van der Waals surface area contributed by atoms with Gasteiger partial charge < -0.3 is 14.4 Å². The highest BCUT2D eigenvalue weighted by molar-refractivity contribution is 7.87. The van der Waals surface area contributed by atoms with Gasteiger partial charge in [-0.3, -0.25) is 4.79 Å². The highest BCUT2D eigenvalue weighted by atomic mass is 32.2. The first-order chi connectivity index (χ1) is 13.3. The van der Waals surface area contributed by atoms with Crippen LogP contribution in [0.3, 0.4) is 0 Å². The van der Waals surface area contributed by atoms with Gasteiger partial charge in [-0.2, -0.15) is 8.42 Å². The van der Waals surface area contributed by atoms with E-state index in [1.165, 1.54) is 18.2 Å². The number of phenolic OH excluding ortho intramolecular Hbond substituents is 2. The number of benzene rings is 2. The van der Waals surface area contributed by atoms with Crippen LogP contribution >= 0.6 is 0 Å². The van der Waals surface area contributed by atoms with Crippen molar-refractivity contribution < 1.29 is 27.6 Å². The van der Waals surface area contributed by atoms with Crippen molar-refractivity contribution in [2.24, 2.45) is 0 Å². The van der Waals surface area contributed by atoms with Gasteiger partial charge in [0.1, 0.15) is 4.90 Å². The average molecular weight is 400 g/mol. The topological polar surface area (TPSA) is 101 Å². The van der Waals surface area contributed by atoms with E-state index in [9.17, 15) is 23.4 Å². The van der Waals surface area contributed by atoms with Crippen molar-refractivity contribution in [3.8, 4) is 17.2 Å². The number of rotatable bonds is 3. The van der Waals surface area contributed by atoms with Crippen LogP contribution in [0.15, 0.2) is 40.8 Å². The molecular formula is C21H20O6S. The van der Waals surface area contributed by atoms with Gasteiger partial charge >= 0.3 is 10.1 Å². The molecule has 0 saturated carbocycles. The number of hydrogen-bond donors (Lipinski definition) is 2. The Hall–Kier alpha value is -2.80. The minimum atomic E-state index is -4.18. The summed E-state index contributed by atoms with van der Waals surface area (Å²) in [6.07, 6.45) is 2.74. The van der Waals surface area contributed by atoms with Crippen molar-refractivity contribution in [3.63, 3.8) is 0 Å². The Morgan fingerprint density at radius 3 is 2.32 bits per heavy atom. The monoisotopic (exact) mass is 400 g/mol. The lowest BCUT2D eigenvalue weighted by Crippen LogP contribution is -2.10. The van der Waals surface area contributed by atoms with Crippen molar-refractivity contribution in [2.45, 2.75) is 43.9 Å². The summed E-state index contributed by atoms with van der Waals surface area (Å²) >= 11 is 0. The highest BCUT2D eigenvalue weighted by Crippen LogP contribution is 2.49. The minimum Gasteiger partial charge on any atom is -0.504 e. The Bertz CT molecular complexity index is 1110. The van der Waals surface area contributed by atoms with Crippen LogP contribution in [-0.4, -0.2) is 24.4 Å². The predicted octanol–water partition coefficient (Wildman–Crippen LogP) is 3.63.